The van der Waals surface area contributed by atoms with Crippen molar-refractivity contribution in [2.24, 2.45) is 11.7 Å². The summed E-state index contributed by atoms with van der Waals surface area (Å²) in [6, 6.07) is -0.586. The predicted molar refractivity (Wildman–Crippen MR) is 49.4 cm³/mol. The van der Waals surface area contributed by atoms with Crippen LogP contribution in [0.3, 0.4) is 0 Å². The molecule has 1 atom stereocenters. The molecular formula is C8H17N3O2. The van der Waals surface area contributed by atoms with Gasteiger partial charge in [0.1, 0.15) is 0 Å². The Balaban J connectivity index is 3.81. The molecule has 0 aliphatic carbocycles. The summed E-state index contributed by atoms with van der Waals surface area (Å²) in [5.41, 5.74) is 10.0. The third-order valence-electron chi connectivity index (χ3n) is 1.67. The minimum atomic E-state index is -0.586. The molecule has 0 aromatic carbocycles. The number of nitrogens with one attached hydrogen (secondary N) is 2. The smallest absolute Gasteiger partial charge is 0.255 e. The topological polar surface area (TPSA) is 84.2 Å². The molecule has 5 nitrogen and oxygen atoms in total. The first-order chi connectivity index (χ1) is 5.99. The number of carbonyl (C=O) groups excluding carboxylic acids is 2. The summed E-state index contributed by atoms with van der Waals surface area (Å²) >= 11 is 0. The molecule has 4 N–H and O–H groups in total. The molecule has 0 bridgehead atoms. The van der Waals surface area contributed by atoms with Crippen molar-refractivity contribution in [2.45, 2.75) is 33.2 Å². The third kappa shape index (κ3) is 4.47. The van der Waals surface area contributed by atoms with Crippen molar-refractivity contribution in [3.8, 4) is 0 Å². The zero-order valence-electron chi connectivity index (χ0n) is 8.26. The van der Waals surface area contributed by atoms with Gasteiger partial charge >= 0.3 is 0 Å². The molecule has 0 saturated heterocycles. The minimum absolute atomic E-state index is 0.0542. The molecule has 0 aromatic rings. The molecule has 0 fully saturated rings. The van der Waals surface area contributed by atoms with Gasteiger partial charge in [-0.3, -0.25) is 20.4 Å². The highest BCUT2D eigenvalue weighted by Gasteiger charge is 2.16. The molecule has 5 heteroatoms. The van der Waals surface area contributed by atoms with Gasteiger partial charge < -0.3 is 5.73 Å². The van der Waals surface area contributed by atoms with Crippen LogP contribution in [0.25, 0.3) is 0 Å². The van der Waals surface area contributed by atoms with Crippen LogP contribution < -0.4 is 16.6 Å². The summed E-state index contributed by atoms with van der Waals surface area (Å²) in [6.07, 6.45) is 0.331. The predicted octanol–water partition coefficient (Wildman–Crippen LogP) is -0.473. The molecular weight excluding hydrogens is 170 g/mol. The van der Waals surface area contributed by atoms with E-state index in [0.29, 0.717) is 6.42 Å². The van der Waals surface area contributed by atoms with Crippen molar-refractivity contribution < 1.29 is 9.59 Å². The van der Waals surface area contributed by atoms with E-state index in [0.717, 1.165) is 0 Å². The van der Waals surface area contributed by atoms with Crippen molar-refractivity contribution in [1.29, 1.82) is 0 Å². The Labute approximate surface area is 78.0 Å². The fourth-order valence-electron chi connectivity index (χ4n) is 0.606. The fraction of sp³-hybridized carbons (Fsp3) is 0.750. The van der Waals surface area contributed by atoms with E-state index in [4.69, 9.17) is 5.73 Å². The maximum atomic E-state index is 11.2. The number of hydrogen-bond donors (Lipinski definition) is 3. The standard InChI is InChI=1S/C8H17N3O2/c1-4-6(12)10-11-8(13)7(9)5(2)3/h5,7H,4,9H2,1-3H3,(H,10,12)(H,11,13). The summed E-state index contributed by atoms with van der Waals surface area (Å²) in [7, 11) is 0. The molecule has 13 heavy (non-hydrogen) atoms. The van der Waals surface area contributed by atoms with Gasteiger partial charge in [-0.1, -0.05) is 20.8 Å². The van der Waals surface area contributed by atoms with Gasteiger partial charge in [-0.25, -0.2) is 0 Å². The number of hydrogen-bond acceptors (Lipinski definition) is 3. The lowest BCUT2D eigenvalue weighted by Crippen LogP contribution is -2.50. The normalized spacial score (nSPS) is 12.4. The number of rotatable bonds is 3. The quantitative estimate of drug-likeness (QED) is 0.522. The highest BCUT2D eigenvalue weighted by Crippen LogP contribution is 1.96. The molecule has 0 spiro atoms. The monoisotopic (exact) mass is 187 g/mol. The second-order valence-corrected chi connectivity index (χ2v) is 3.16. The summed E-state index contributed by atoms with van der Waals surface area (Å²) in [5.74, 6) is -0.542. The van der Waals surface area contributed by atoms with E-state index in [9.17, 15) is 9.59 Å². The third-order valence-corrected chi connectivity index (χ3v) is 1.67. The van der Waals surface area contributed by atoms with E-state index < -0.39 is 6.04 Å². The summed E-state index contributed by atoms with van der Waals surface area (Å²) in [5, 5.41) is 0. The molecule has 0 saturated carbocycles. The molecule has 0 radical (unpaired) electrons. The lowest BCUT2D eigenvalue weighted by molar-refractivity contribution is -0.130. The van der Waals surface area contributed by atoms with Gasteiger partial charge in [-0.15, -0.1) is 0 Å². The molecule has 0 heterocycles. The Bertz CT molecular complexity index is 192. The maximum absolute atomic E-state index is 11.2. The lowest BCUT2D eigenvalue weighted by Gasteiger charge is -2.15. The van der Waals surface area contributed by atoms with Crippen LogP contribution in [0.4, 0.5) is 0 Å². The highest BCUT2D eigenvalue weighted by atomic mass is 16.2. The zero-order valence-corrected chi connectivity index (χ0v) is 8.26. The van der Waals surface area contributed by atoms with Crippen LogP contribution in [-0.2, 0) is 9.59 Å². The van der Waals surface area contributed by atoms with Crippen LogP contribution in [0.1, 0.15) is 27.2 Å². The van der Waals surface area contributed by atoms with E-state index >= 15 is 0 Å². The Morgan fingerprint density at radius 1 is 1.31 bits per heavy atom. The molecule has 1 unspecified atom stereocenters. The van der Waals surface area contributed by atoms with Crippen LogP contribution >= 0.6 is 0 Å². The Morgan fingerprint density at radius 2 is 1.85 bits per heavy atom. The van der Waals surface area contributed by atoms with Gasteiger partial charge in [-0.05, 0) is 5.92 Å². The average molecular weight is 187 g/mol. The summed E-state index contributed by atoms with van der Waals surface area (Å²) in [4.78, 5) is 21.9. The second kappa shape index (κ2) is 5.53. The van der Waals surface area contributed by atoms with Gasteiger partial charge in [0.25, 0.3) is 5.91 Å². The van der Waals surface area contributed by atoms with Gasteiger partial charge in [0.2, 0.25) is 5.91 Å². The van der Waals surface area contributed by atoms with Crippen LogP contribution in [0.2, 0.25) is 0 Å². The van der Waals surface area contributed by atoms with Crippen LogP contribution in [0, 0.1) is 5.92 Å². The number of hydrazine groups is 1. The van der Waals surface area contributed by atoms with Gasteiger partial charge in [-0.2, -0.15) is 0 Å². The molecule has 0 aliphatic rings. The Morgan fingerprint density at radius 3 is 2.23 bits per heavy atom. The SMILES string of the molecule is CCC(=O)NNC(=O)C(N)C(C)C. The van der Waals surface area contributed by atoms with Crippen LogP contribution in [0.15, 0.2) is 0 Å². The van der Waals surface area contributed by atoms with E-state index in [1.54, 1.807) is 6.92 Å². The fourth-order valence-corrected chi connectivity index (χ4v) is 0.606. The van der Waals surface area contributed by atoms with Gasteiger partial charge in [0.05, 0.1) is 6.04 Å². The minimum Gasteiger partial charge on any atom is -0.320 e. The zero-order chi connectivity index (χ0) is 10.4. The molecule has 0 rings (SSSR count). The van der Waals surface area contributed by atoms with Crippen molar-refractivity contribution in [2.75, 3.05) is 0 Å². The van der Waals surface area contributed by atoms with Gasteiger partial charge in [0, 0.05) is 6.42 Å². The highest BCUT2D eigenvalue weighted by molar-refractivity contribution is 5.85. The first-order valence-corrected chi connectivity index (χ1v) is 4.33. The van der Waals surface area contributed by atoms with Crippen LogP contribution in [-0.4, -0.2) is 17.9 Å². The number of amides is 2. The van der Waals surface area contributed by atoms with E-state index in [-0.39, 0.29) is 17.7 Å². The number of nitrogens with two attached hydrogens (primary N) is 1. The van der Waals surface area contributed by atoms with E-state index in [2.05, 4.69) is 10.9 Å². The summed E-state index contributed by atoms with van der Waals surface area (Å²) in [6.45, 7) is 5.38. The lowest BCUT2D eigenvalue weighted by atomic mass is 10.1. The molecule has 2 amide bonds. The van der Waals surface area contributed by atoms with E-state index in [1.807, 2.05) is 13.8 Å². The van der Waals surface area contributed by atoms with Gasteiger partial charge in [0.15, 0.2) is 0 Å². The largest absolute Gasteiger partial charge is 0.320 e. The summed E-state index contributed by atoms with van der Waals surface area (Å²) < 4.78 is 0. The van der Waals surface area contributed by atoms with Crippen molar-refractivity contribution >= 4 is 11.8 Å². The first kappa shape index (κ1) is 11.9. The molecule has 0 aliphatic heterocycles. The van der Waals surface area contributed by atoms with Crippen molar-refractivity contribution in [3.05, 3.63) is 0 Å². The first-order valence-electron chi connectivity index (χ1n) is 4.33. The van der Waals surface area contributed by atoms with Crippen LogP contribution in [0.5, 0.6) is 0 Å². The molecule has 0 aromatic heterocycles. The molecule has 76 valence electrons. The average Bonchev–Trinajstić information content (AvgIpc) is 2.11. The second-order valence-electron chi connectivity index (χ2n) is 3.16. The van der Waals surface area contributed by atoms with Crippen molar-refractivity contribution in [3.63, 3.8) is 0 Å². The van der Waals surface area contributed by atoms with Crippen molar-refractivity contribution in [1.82, 2.24) is 10.9 Å². The Kier molecular flexibility index (Phi) is 5.06. The Hall–Kier alpha value is -1.10. The maximum Gasteiger partial charge on any atom is 0.255 e. The van der Waals surface area contributed by atoms with E-state index in [1.165, 1.54) is 0 Å². The number of carbonyl (C=O) groups is 2.